The first-order valence-corrected chi connectivity index (χ1v) is 9.21. The molecule has 0 aromatic rings. The molecule has 7 heteroatoms. The van der Waals surface area contributed by atoms with Crippen LogP contribution in [0, 0.1) is 7.05 Å². The molecule has 0 aromatic carbocycles. The molecule has 0 aromatic heterocycles. The van der Waals surface area contributed by atoms with Gasteiger partial charge in [-0.2, -0.15) is 0 Å². The Morgan fingerprint density at radius 1 is 0.720 bits per heavy atom. The van der Waals surface area contributed by atoms with Crippen LogP contribution in [0.3, 0.4) is 0 Å². The molecule has 1 aliphatic rings. The van der Waals surface area contributed by atoms with E-state index in [9.17, 15) is 9.59 Å². The van der Waals surface area contributed by atoms with Crippen molar-refractivity contribution in [1.82, 2.24) is 19.6 Å². The van der Waals surface area contributed by atoms with Crippen molar-refractivity contribution < 1.29 is 28.1 Å². The minimum atomic E-state index is 0. The summed E-state index contributed by atoms with van der Waals surface area (Å²) >= 11 is 0. The molecule has 0 N–H and O–H groups in total. The molecule has 0 bridgehead atoms. The number of likely N-dealkylation sites (N-methyl/N-ethyl adjacent to an activating group) is 1. The topological polar surface area (TPSA) is 47.1 Å². The van der Waals surface area contributed by atoms with Crippen molar-refractivity contribution in [1.29, 1.82) is 0 Å². The molecule has 1 fully saturated rings. The number of hydrogen-bond donors (Lipinski definition) is 0. The number of nitrogens with zero attached hydrogens (tertiary/aromatic N) is 4. The summed E-state index contributed by atoms with van der Waals surface area (Å²) in [7, 11) is 6.13. The molecule has 1 saturated heterocycles. The van der Waals surface area contributed by atoms with E-state index >= 15 is 0 Å². The first kappa shape index (κ1) is 29.5. The van der Waals surface area contributed by atoms with Gasteiger partial charge >= 0.3 is 0 Å². The average molecular weight is 394 g/mol. The molecule has 25 heavy (non-hydrogen) atoms. The Labute approximate surface area is 167 Å². The van der Waals surface area contributed by atoms with Crippen LogP contribution in [-0.4, -0.2) is 105 Å². The van der Waals surface area contributed by atoms with E-state index in [0.29, 0.717) is 13.1 Å². The summed E-state index contributed by atoms with van der Waals surface area (Å²) in [6.45, 7) is 15.9. The Balaban J connectivity index is -0.000000899. The van der Waals surface area contributed by atoms with Crippen molar-refractivity contribution in [2.45, 2.75) is 27.7 Å². The number of hydrogen-bond acceptors (Lipinski definition) is 6. The second-order valence-electron chi connectivity index (χ2n) is 5.36. The molecular formula is C18H39N4O2V-. The smallest absolute Gasteiger partial charge is 0.133 e. The first-order chi connectivity index (χ1) is 11.7. The zero-order chi connectivity index (χ0) is 18.8. The number of carbonyl (C=O) groups is 2. The number of rotatable bonds is 4. The maximum Gasteiger partial charge on any atom is 0.133 e. The summed E-state index contributed by atoms with van der Waals surface area (Å²) in [6, 6.07) is 0. The third kappa shape index (κ3) is 17.0. The Bertz CT molecular complexity index is 268. The van der Waals surface area contributed by atoms with Gasteiger partial charge in [0.15, 0.2) is 0 Å². The quantitative estimate of drug-likeness (QED) is 0.525. The third-order valence-electron chi connectivity index (χ3n) is 3.73. The zero-order valence-corrected chi connectivity index (χ0v) is 18.4. The van der Waals surface area contributed by atoms with Crippen LogP contribution in [0.2, 0.25) is 0 Å². The van der Waals surface area contributed by atoms with E-state index in [1.165, 1.54) is 0 Å². The van der Waals surface area contributed by atoms with Crippen LogP contribution in [0.25, 0.3) is 0 Å². The van der Waals surface area contributed by atoms with E-state index in [2.05, 4.69) is 33.7 Å². The average Bonchev–Trinajstić information content (AvgIpc) is 2.62. The summed E-state index contributed by atoms with van der Waals surface area (Å²) in [5.74, 6) is 0. The predicted octanol–water partition coefficient (Wildman–Crippen LogP) is 1.08. The molecule has 149 valence electrons. The van der Waals surface area contributed by atoms with Crippen molar-refractivity contribution in [3.63, 3.8) is 0 Å². The monoisotopic (exact) mass is 394 g/mol. The van der Waals surface area contributed by atoms with Crippen molar-refractivity contribution in [3.8, 4) is 0 Å². The van der Waals surface area contributed by atoms with Gasteiger partial charge in [-0.1, -0.05) is 27.7 Å². The Kier molecular flexibility index (Phi) is 25.8. The van der Waals surface area contributed by atoms with Crippen molar-refractivity contribution in [2.24, 2.45) is 0 Å². The standard InChI is InChI=1S/C14H27N4O2.2C2H6.V/c1-15-3-4-16(2)6-8-18(12-14-20)10-9-17(7-5-15)11-13-19;2*1-2;/h13-14H,1,3-12H2,2H3;2*1-2H3;/q-1;;;. The summed E-state index contributed by atoms with van der Waals surface area (Å²) in [4.78, 5) is 30.1. The van der Waals surface area contributed by atoms with E-state index in [1.54, 1.807) is 0 Å². The molecule has 0 aliphatic carbocycles. The molecule has 0 spiro atoms. The SMILES string of the molecule is CC.CC.[CH2-]N1CCN(C)CCN(CC=O)CCN(CC=O)CC1.[V]. The summed E-state index contributed by atoms with van der Waals surface area (Å²) in [6.07, 6.45) is 1.89. The van der Waals surface area contributed by atoms with E-state index in [-0.39, 0.29) is 18.6 Å². The van der Waals surface area contributed by atoms with Crippen molar-refractivity contribution in [2.75, 3.05) is 72.5 Å². The fourth-order valence-corrected chi connectivity index (χ4v) is 2.21. The van der Waals surface area contributed by atoms with Gasteiger partial charge in [-0.15, -0.1) is 0 Å². The summed E-state index contributed by atoms with van der Waals surface area (Å²) in [5.41, 5.74) is 0. The first-order valence-electron chi connectivity index (χ1n) is 9.21. The van der Waals surface area contributed by atoms with Gasteiger partial charge in [0, 0.05) is 57.8 Å². The van der Waals surface area contributed by atoms with Crippen molar-refractivity contribution >= 4 is 12.6 Å². The molecule has 0 saturated carbocycles. The fourth-order valence-electron chi connectivity index (χ4n) is 2.21. The maximum atomic E-state index is 10.7. The molecule has 1 heterocycles. The van der Waals surface area contributed by atoms with Crippen LogP contribution in [0.4, 0.5) is 0 Å². The van der Waals surface area contributed by atoms with E-state index < -0.39 is 0 Å². The Morgan fingerprint density at radius 3 is 1.48 bits per heavy atom. The van der Waals surface area contributed by atoms with Gasteiger partial charge in [0.25, 0.3) is 0 Å². The van der Waals surface area contributed by atoms with Gasteiger partial charge in [-0.3, -0.25) is 16.8 Å². The third-order valence-corrected chi connectivity index (χ3v) is 3.73. The molecule has 0 amide bonds. The zero-order valence-electron chi connectivity index (χ0n) is 17.0. The van der Waals surface area contributed by atoms with Crippen LogP contribution >= 0.6 is 0 Å². The second kappa shape index (κ2) is 21.8. The summed E-state index contributed by atoms with van der Waals surface area (Å²) < 4.78 is 0. The maximum absolute atomic E-state index is 10.7. The Morgan fingerprint density at radius 2 is 1.04 bits per heavy atom. The minimum Gasteiger partial charge on any atom is -0.457 e. The number of carbonyl (C=O) groups excluding carboxylic acids is 2. The minimum absolute atomic E-state index is 0. The van der Waals surface area contributed by atoms with Gasteiger partial charge < -0.3 is 19.4 Å². The molecule has 0 unspecified atom stereocenters. The molecular weight excluding hydrogens is 355 g/mol. The second-order valence-corrected chi connectivity index (χ2v) is 5.36. The van der Waals surface area contributed by atoms with Crippen LogP contribution < -0.4 is 0 Å². The normalized spacial score (nSPS) is 18.8. The summed E-state index contributed by atoms with van der Waals surface area (Å²) in [5, 5.41) is 0. The molecule has 0 atom stereocenters. The molecule has 1 rings (SSSR count). The Hall–Kier alpha value is -0.236. The van der Waals surface area contributed by atoms with Gasteiger partial charge in [-0.05, 0) is 20.1 Å². The van der Waals surface area contributed by atoms with Crippen LogP contribution in [0.15, 0.2) is 0 Å². The molecule has 1 aliphatic heterocycles. The van der Waals surface area contributed by atoms with Crippen LogP contribution in [-0.2, 0) is 28.1 Å². The van der Waals surface area contributed by atoms with Gasteiger partial charge in [-0.25, -0.2) is 0 Å². The van der Waals surface area contributed by atoms with E-state index in [4.69, 9.17) is 0 Å². The van der Waals surface area contributed by atoms with Gasteiger partial charge in [0.1, 0.15) is 12.6 Å². The predicted molar refractivity (Wildman–Crippen MR) is 102 cm³/mol. The van der Waals surface area contributed by atoms with Crippen LogP contribution in [0.5, 0.6) is 0 Å². The van der Waals surface area contributed by atoms with E-state index in [0.717, 1.165) is 64.9 Å². The number of aldehydes is 2. The largest absolute Gasteiger partial charge is 0.457 e. The van der Waals surface area contributed by atoms with E-state index in [1.807, 2.05) is 27.7 Å². The molecule has 6 nitrogen and oxygen atoms in total. The van der Waals surface area contributed by atoms with Crippen LogP contribution in [0.1, 0.15) is 27.7 Å². The van der Waals surface area contributed by atoms with Crippen molar-refractivity contribution in [3.05, 3.63) is 7.05 Å². The van der Waals surface area contributed by atoms with Gasteiger partial charge in [0.05, 0.1) is 13.1 Å². The molecule has 1 radical (unpaired) electrons. The fraction of sp³-hybridized carbons (Fsp3) is 0.833. The van der Waals surface area contributed by atoms with Gasteiger partial charge in [0.2, 0.25) is 0 Å².